The van der Waals surface area contributed by atoms with E-state index in [0.29, 0.717) is 60.2 Å². The van der Waals surface area contributed by atoms with Crippen LogP contribution in [0, 0.1) is 6.92 Å². The summed E-state index contributed by atoms with van der Waals surface area (Å²) >= 11 is 0. The van der Waals surface area contributed by atoms with E-state index >= 15 is 0 Å². The Bertz CT molecular complexity index is 1450. The average molecular weight is 487 g/mol. The number of carbonyl (C=O) groups is 1. The van der Waals surface area contributed by atoms with Crippen LogP contribution in [0.3, 0.4) is 0 Å². The van der Waals surface area contributed by atoms with Crippen LogP contribution in [-0.4, -0.2) is 29.2 Å². The van der Waals surface area contributed by atoms with Crippen molar-refractivity contribution in [1.29, 1.82) is 0 Å². The second kappa shape index (κ2) is 10.2. The molecule has 0 radical (unpaired) electrons. The van der Waals surface area contributed by atoms with Gasteiger partial charge in [-0.15, -0.1) is 0 Å². The van der Waals surface area contributed by atoms with Crippen molar-refractivity contribution >= 4 is 16.9 Å². The molecule has 0 aliphatic carbocycles. The average Bonchev–Trinajstić information content (AvgIpc) is 2.90. The Labute approximate surface area is 208 Å². The molecule has 0 unspecified atom stereocenters. The molecule has 1 aliphatic rings. The molecule has 0 spiro atoms. The Balaban J connectivity index is 1.41. The number of hydrogen-bond donors (Lipinski definition) is 0. The van der Waals surface area contributed by atoms with Crippen molar-refractivity contribution in [3.63, 3.8) is 0 Å². The van der Waals surface area contributed by atoms with Gasteiger partial charge in [-0.05, 0) is 61.9 Å². The van der Waals surface area contributed by atoms with Gasteiger partial charge < -0.3 is 18.6 Å². The monoisotopic (exact) mass is 486 g/mol. The van der Waals surface area contributed by atoms with Crippen molar-refractivity contribution < 1.29 is 23.4 Å². The van der Waals surface area contributed by atoms with Crippen LogP contribution >= 0.6 is 0 Å². The Kier molecular flexibility index (Phi) is 6.69. The van der Waals surface area contributed by atoms with Crippen LogP contribution in [0.15, 0.2) is 70.0 Å². The molecule has 8 nitrogen and oxygen atoms in total. The quantitative estimate of drug-likeness (QED) is 0.329. The van der Waals surface area contributed by atoms with Gasteiger partial charge in [0.05, 0.1) is 28.8 Å². The van der Waals surface area contributed by atoms with E-state index in [-0.39, 0.29) is 11.2 Å². The molecule has 36 heavy (non-hydrogen) atoms. The number of nitrogens with zero attached hydrogens (tertiary/aromatic N) is 2. The molecule has 0 amide bonds. The number of aryl methyl sites for hydroxylation is 1. The molecular weight excluding hydrogens is 460 g/mol. The maximum absolute atomic E-state index is 13.4. The first-order chi connectivity index (χ1) is 17.5. The minimum atomic E-state index is -0.395. The highest BCUT2D eigenvalue weighted by Gasteiger charge is 2.24. The highest BCUT2D eigenvalue weighted by Crippen LogP contribution is 2.34. The van der Waals surface area contributed by atoms with Crippen molar-refractivity contribution in [3.05, 3.63) is 93.6 Å². The fraction of sp³-hybridized carbons (Fsp3) is 0.250. The van der Waals surface area contributed by atoms with Crippen LogP contribution < -0.4 is 14.9 Å². The minimum absolute atomic E-state index is 0.103. The van der Waals surface area contributed by atoms with Crippen molar-refractivity contribution in [3.8, 4) is 17.2 Å². The van der Waals surface area contributed by atoms with E-state index in [2.05, 4.69) is 9.88 Å². The maximum Gasteiger partial charge on any atom is 0.338 e. The summed E-state index contributed by atoms with van der Waals surface area (Å²) in [6.45, 7) is 5.58. The lowest BCUT2D eigenvalue weighted by atomic mass is 10.1. The Morgan fingerprint density at radius 2 is 1.94 bits per heavy atom. The summed E-state index contributed by atoms with van der Waals surface area (Å²) in [5, 5.41) is 0.414. The summed E-state index contributed by atoms with van der Waals surface area (Å²) < 4.78 is 23.1. The normalized spacial score (nSPS) is 13.2. The molecule has 2 aromatic heterocycles. The van der Waals surface area contributed by atoms with Crippen LogP contribution in [0.1, 0.15) is 40.7 Å². The first-order valence-corrected chi connectivity index (χ1v) is 11.8. The van der Waals surface area contributed by atoms with Crippen molar-refractivity contribution in [1.82, 2.24) is 9.88 Å². The molecule has 3 heterocycles. The van der Waals surface area contributed by atoms with E-state index in [0.717, 1.165) is 17.7 Å². The first-order valence-electron chi connectivity index (χ1n) is 11.8. The van der Waals surface area contributed by atoms with Crippen LogP contribution in [0.5, 0.6) is 17.2 Å². The Morgan fingerprint density at radius 3 is 2.69 bits per heavy atom. The third kappa shape index (κ3) is 4.81. The fourth-order valence-electron chi connectivity index (χ4n) is 4.10. The molecule has 5 rings (SSSR count). The standard InChI is InChI=1S/C28H26N2O6/c1-3-14-33-28(32)19-7-9-21(10-8-19)36-26-18(2)35-27-22(25(26)31)11-12-24-23(27)16-30(17-34-24)15-20-6-4-5-13-29-20/h4-13H,3,14-17H2,1-2H3. The van der Waals surface area contributed by atoms with Gasteiger partial charge in [0.1, 0.15) is 29.6 Å². The van der Waals surface area contributed by atoms with Crippen LogP contribution in [0.2, 0.25) is 0 Å². The molecule has 184 valence electrons. The van der Waals surface area contributed by atoms with Gasteiger partial charge in [-0.1, -0.05) is 13.0 Å². The number of rotatable bonds is 7. The lowest BCUT2D eigenvalue weighted by Gasteiger charge is -2.29. The lowest BCUT2D eigenvalue weighted by molar-refractivity contribution is 0.0505. The van der Waals surface area contributed by atoms with E-state index in [1.165, 1.54) is 0 Å². The van der Waals surface area contributed by atoms with Crippen molar-refractivity contribution in [2.45, 2.75) is 33.4 Å². The number of carbonyl (C=O) groups excluding carboxylic acids is 1. The zero-order valence-electron chi connectivity index (χ0n) is 20.2. The molecule has 8 heteroatoms. The number of pyridine rings is 1. The van der Waals surface area contributed by atoms with Crippen LogP contribution in [-0.2, 0) is 17.8 Å². The number of hydrogen-bond acceptors (Lipinski definition) is 8. The first kappa shape index (κ1) is 23.6. The highest BCUT2D eigenvalue weighted by atomic mass is 16.5. The fourth-order valence-corrected chi connectivity index (χ4v) is 4.10. The maximum atomic E-state index is 13.4. The molecule has 0 saturated heterocycles. The number of aromatic nitrogens is 1. The van der Waals surface area contributed by atoms with E-state index in [1.54, 1.807) is 49.5 Å². The number of esters is 1. The number of fused-ring (bicyclic) bond motifs is 3. The summed E-state index contributed by atoms with van der Waals surface area (Å²) in [5.74, 6) is 1.18. The number of benzene rings is 2. The SMILES string of the molecule is CCCOC(=O)c1ccc(Oc2c(C)oc3c4c(ccc3c2=O)OCN(Cc2ccccn2)C4)cc1. The van der Waals surface area contributed by atoms with E-state index in [1.807, 2.05) is 25.1 Å². The van der Waals surface area contributed by atoms with E-state index in [4.69, 9.17) is 18.6 Å². The van der Waals surface area contributed by atoms with Gasteiger partial charge in [-0.3, -0.25) is 14.7 Å². The summed E-state index contributed by atoms with van der Waals surface area (Å²) in [4.78, 5) is 31.9. The van der Waals surface area contributed by atoms with Crippen molar-refractivity contribution in [2.75, 3.05) is 13.3 Å². The predicted octanol–water partition coefficient (Wildman–Crippen LogP) is 5.21. The number of ether oxygens (including phenoxy) is 3. The smallest absolute Gasteiger partial charge is 0.338 e. The minimum Gasteiger partial charge on any atom is -0.478 e. The second-order valence-corrected chi connectivity index (χ2v) is 8.58. The topological polar surface area (TPSA) is 91.1 Å². The molecule has 0 N–H and O–H groups in total. The van der Waals surface area contributed by atoms with Gasteiger partial charge in [0.15, 0.2) is 0 Å². The molecule has 0 bridgehead atoms. The molecule has 1 aliphatic heterocycles. The molecule has 0 fully saturated rings. The lowest BCUT2D eigenvalue weighted by Crippen LogP contribution is -2.32. The summed E-state index contributed by atoms with van der Waals surface area (Å²) in [6, 6.07) is 15.8. The zero-order valence-corrected chi connectivity index (χ0v) is 20.2. The van der Waals surface area contributed by atoms with Crippen molar-refractivity contribution in [2.24, 2.45) is 0 Å². The predicted molar refractivity (Wildman–Crippen MR) is 133 cm³/mol. The summed E-state index contributed by atoms with van der Waals surface area (Å²) in [6.07, 6.45) is 2.51. The highest BCUT2D eigenvalue weighted by molar-refractivity contribution is 5.89. The second-order valence-electron chi connectivity index (χ2n) is 8.58. The third-order valence-electron chi connectivity index (χ3n) is 5.89. The van der Waals surface area contributed by atoms with Gasteiger partial charge in [-0.2, -0.15) is 0 Å². The van der Waals surface area contributed by atoms with Gasteiger partial charge >= 0.3 is 5.97 Å². The third-order valence-corrected chi connectivity index (χ3v) is 5.89. The van der Waals surface area contributed by atoms with Crippen LogP contribution in [0.25, 0.3) is 11.0 Å². The molecule has 4 aromatic rings. The van der Waals surface area contributed by atoms with Gasteiger partial charge in [0, 0.05) is 19.3 Å². The molecular formula is C28H26N2O6. The largest absolute Gasteiger partial charge is 0.478 e. The van der Waals surface area contributed by atoms with Gasteiger partial charge in [0.2, 0.25) is 11.2 Å². The van der Waals surface area contributed by atoms with Gasteiger partial charge in [0.25, 0.3) is 0 Å². The summed E-state index contributed by atoms with van der Waals surface area (Å²) in [7, 11) is 0. The van der Waals surface area contributed by atoms with E-state index < -0.39 is 5.97 Å². The molecule has 0 saturated carbocycles. The molecule has 0 atom stereocenters. The molecule has 2 aromatic carbocycles. The zero-order chi connectivity index (χ0) is 25.1. The van der Waals surface area contributed by atoms with E-state index in [9.17, 15) is 9.59 Å². The summed E-state index contributed by atoms with van der Waals surface area (Å²) in [5.41, 5.74) is 2.38. The van der Waals surface area contributed by atoms with Crippen LogP contribution in [0.4, 0.5) is 0 Å². The Hall–Kier alpha value is -4.17. The van der Waals surface area contributed by atoms with Gasteiger partial charge in [-0.25, -0.2) is 4.79 Å². The Morgan fingerprint density at radius 1 is 1.11 bits per heavy atom.